The summed E-state index contributed by atoms with van der Waals surface area (Å²) in [7, 11) is -9.00. The van der Waals surface area contributed by atoms with Gasteiger partial charge in [-0.05, 0) is 26.0 Å². The zero-order valence-electron chi connectivity index (χ0n) is 10.6. The Morgan fingerprint density at radius 2 is 1.74 bits per heavy atom. The summed E-state index contributed by atoms with van der Waals surface area (Å²) in [5.41, 5.74) is 0.868. The largest absolute Gasteiger partial charge is 0.487 e. The molecule has 1 aromatic rings. The molecular weight excluding hydrogens is 482 g/mol. The predicted octanol–water partition coefficient (Wildman–Crippen LogP) is 1.03. The van der Waals surface area contributed by atoms with E-state index >= 15 is 0 Å². The van der Waals surface area contributed by atoms with Gasteiger partial charge < -0.3 is 9.79 Å². The summed E-state index contributed by atoms with van der Waals surface area (Å²) in [4.78, 5) is 17.2. The zero-order chi connectivity index (χ0) is 14.0. The SMILES string of the molecule is CCN(OP(=O)(O)O)S(=O)(=O)c1ccc(C)cc1.[Hg]. The third-order valence-corrected chi connectivity index (χ3v) is 4.30. The summed E-state index contributed by atoms with van der Waals surface area (Å²) in [5.74, 6) is 0. The molecule has 0 radical (unpaired) electrons. The number of sulfonamides is 1. The van der Waals surface area contributed by atoms with Gasteiger partial charge in [0, 0.05) is 34.2 Å². The van der Waals surface area contributed by atoms with Crippen molar-refractivity contribution in [3.05, 3.63) is 29.8 Å². The molecule has 0 aliphatic carbocycles. The maximum atomic E-state index is 12.0. The number of hydrogen-bond donors (Lipinski definition) is 2. The molecule has 0 spiro atoms. The number of nitrogens with zero attached hydrogens (tertiary/aromatic N) is 1. The molecule has 0 aliphatic rings. The van der Waals surface area contributed by atoms with Crippen LogP contribution in [0.25, 0.3) is 0 Å². The van der Waals surface area contributed by atoms with Gasteiger partial charge in [-0.2, -0.15) is 4.62 Å². The first kappa shape index (κ1) is 19.2. The van der Waals surface area contributed by atoms with E-state index in [2.05, 4.69) is 4.62 Å². The maximum Gasteiger partial charge on any atom is 0.487 e. The molecule has 104 valence electrons. The van der Waals surface area contributed by atoms with Gasteiger partial charge in [0.1, 0.15) is 0 Å². The molecule has 0 aliphatic heterocycles. The molecule has 0 fully saturated rings. The molecule has 19 heavy (non-hydrogen) atoms. The minimum atomic E-state index is -4.92. The Kier molecular flexibility index (Phi) is 7.33. The van der Waals surface area contributed by atoms with Crippen molar-refractivity contribution in [2.45, 2.75) is 18.7 Å². The second-order valence-corrected chi connectivity index (χ2v) is 6.48. The minimum Gasteiger partial charge on any atom is -0.302 e. The molecule has 0 aromatic heterocycles. The van der Waals surface area contributed by atoms with Crippen LogP contribution in [0.5, 0.6) is 0 Å². The maximum absolute atomic E-state index is 12.0. The number of aryl methyl sites for hydroxylation is 1. The van der Waals surface area contributed by atoms with E-state index in [1.54, 1.807) is 19.1 Å². The molecule has 0 heterocycles. The average molecular weight is 496 g/mol. The summed E-state index contributed by atoms with van der Waals surface area (Å²) in [6, 6.07) is 5.85. The first-order chi connectivity index (χ1) is 8.16. The van der Waals surface area contributed by atoms with Crippen LogP contribution in [-0.4, -0.2) is 29.2 Å². The van der Waals surface area contributed by atoms with Crippen molar-refractivity contribution in [3.8, 4) is 0 Å². The van der Waals surface area contributed by atoms with Gasteiger partial charge >= 0.3 is 7.82 Å². The monoisotopic (exact) mass is 497 g/mol. The topological polar surface area (TPSA) is 104 Å². The molecule has 0 atom stereocenters. The fraction of sp³-hybridized carbons (Fsp3) is 0.333. The molecule has 1 aromatic carbocycles. The summed E-state index contributed by atoms with van der Waals surface area (Å²) in [5, 5.41) is 0. The third-order valence-electron chi connectivity index (χ3n) is 2.04. The standard InChI is InChI=1S/C9H14NO6PS.Hg/c1-3-10(16-17(11,12)13)18(14,15)9-6-4-8(2)5-7-9;/h4-7H,3H2,1-2H3,(H2,11,12,13);. The van der Waals surface area contributed by atoms with Crippen LogP contribution in [0.15, 0.2) is 29.2 Å². The molecule has 0 saturated heterocycles. The molecule has 0 bridgehead atoms. The Bertz CT molecular complexity index is 555. The number of hydrogen-bond acceptors (Lipinski definition) is 4. The van der Waals surface area contributed by atoms with Crippen LogP contribution in [0.1, 0.15) is 12.5 Å². The van der Waals surface area contributed by atoms with Crippen molar-refractivity contribution in [1.29, 1.82) is 0 Å². The molecule has 2 N–H and O–H groups in total. The summed E-state index contributed by atoms with van der Waals surface area (Å²) < 4.78 is 39.1. The van der Waals surface area contributed by atoms with Crippen LogP contribution in [-0.2, 0) is 46.9 Å². The van der Waals surface area contributed by atoms with E-state index in [1.165, 1.54) is 19.1 Å². The van der Waals surface area contributed by atoms with Crippen LogP contribution in [0.2, 0.25) is 0 Å². The predicted molar refractivity (Wildman–Crippen MR) is 63.9 cm³/mol. The number of benzene rings is 1. The second-order valence-electron chi connectivity index (χ2n) is 3.51. The van der Waals surface area contributed by atoms with E-state index in [1.807, 2.05) is 0 Å². The number of rotatable bonds is 5. The van der Waals surface area contributed by atoms with Crippen molar-refractivity contribution < 1.29 is 55.1 Å². The summed E-state index contributed by atoms with van der Waals surface area (Å²) >= 11 is 0. The molecule has 0 saturated carbocycles. The number of phosphoric acid groups is 1. The first-order valence-corrected chi connectivity index (χ1v) is 7.98. The fourth-order valence-electron chi connectivity index (χ4n) is 1.22. The average Bonchev–Trinajstić information content (AvgIpc) is 2.25. The Labute approximate surface area is 132 Å². The van der Waals surface area contributed by atoms with Crippen LogP contribution in [0, 0.1) is 6.92 Å². The summed E-state index contributed by atoms with van der Waals surface area (Å²) in [6.45, 7) is 2.98. The van der Waals surface area contributed by atoms with Crippen molar-refractivity contribution in [2.75, 3.05) is 6.54 Å². The van der Waals surface area contributed by atoms with Gasteiger partial charge in [-0.25, -0.2) is 13.0 Å². The fourth-order valence-corrected chi connectivity index (χ4v) is 3.24. The minimum absolute atomic E-state index is 0. The Morgan fingerprint density at radius 1 is 1.26 bits per heavy atom. The van der Waals surface area contributed by atoms with E-state index in [0.29, 0.717) is 0 Å². The second kappa shape index (κ2) is 7.26. The van der Waals surface area contributed by atoms with Gasteiger partial charge in [0.25, 0.3) is 10.0 Å². The molecule has 1 rings (SSSR count). The van der Waals surface area contributed by atoms with E-state index in [0.717, 1.165) is 5.56 Å². The van der Waals surface area contributed by atoms with Gasteiger partial charge in [0.05, 0.1) is 4.90 Å². The van der Waals surface area contributed by atoms with Gasteiger partial charge in [-0.1, -0.05) is 22.2 Å². The van der Waals surface area contributed by atoms with Crippen LogP contribution < -0.4 is 0 Å². The molecule has 7 nitrogen and oxygen atoms in total. The quantitative estimate of drug-likeness (QED) is 0.359. The molecule has 0 unspecified atom stereocenters. The Balaban J connectivity index is 0.00000324. The molecule has 0 amide bonds. The van der Waals surface area contributed by atoms with Crippen molar-refractivity contribution in [1.82, 2.24) is 4.47 Å². The molecule has 10 heteroatoms. The summed E-state index contributed by atoms with van der Waals surface area (Å²) in [6.07, 6.45) is 0. The molecular formula is C9H14HgNO6PS. The number of hydroxylamine groups is 1. The third kappa shape index (κ3) is 5.59. The van der Waals surface area contributed by atoms with E-state index in [9.17, 15) is 13.0 Å². The van der Waals surface area contributed by atoms with Gasteiger partial charge in [0.15, 0.2) is 0 Å². The Hall–Kier alpha value is 0.175. The van der Waals surface area contributed by atoms with Crippen molar-refractivity contribution in [2.24, 2.45) is 0 Å². The van der Waals surface area contributed by atoms with Crippen molar-refractivity contribution >= 4 is 17.8 Å². The first-order valence-electron chi connectivity index (χ1n) is 5.01. The van der Waals surface area contributed by atoms with Gasteiger partial charge in [-0.3, -0.25) is 0 Å². The Morgan fingerprint density at radius 3 is 2.11 bits per heavy atom. The van der Waals surface area contributed by atoms with E-state index in [-0.39, 0.29) is 43.6 Å². The van der Waals surface area contributed by atoms with Gasteiger partial charge in [-0.15, -0.1) is 0 Å². The van der Waals surface area contributed by atoms with E-state index < -0.39 is 17.8 Å². The van der Waals surface area contributed by atoms with Crippen LogP contribution >= 0.6 is 7.82 Å². The van der Waals surface area contributed by atoms with Crippen LogP contribution in [0.3, 0.4) is 0 Å². The zero-order valence-corrected chi connectivity index (χ0v) is 17.8. The van der Waals surface area contributed by atoms with Crippen molar-refractivity contribution in [3.63, 3.8) is 0 Å². The van der Waals surface area contributed by atoms with E-state index in [4.69, 9.17) is 9.79 Å². The van der Waals surface area contributed by atoms with Gasteiger partial charge in [0.2, 0.25) is 0 Å². The normalized spacial score (nSPS) is 12.3. The van der Waals surface area contributed by atoms with Crippen LogP contribution in [0.4, 0.5) is 0 Å². The smallest absolute Gasteiger partial charge is 0.302 e.